The summed E-state index contributed by atoms with van der Waals surface area (Å²) in [6.07, 6.45) is -5.34. The van der Waals surface area contributed by atoms with Crippen molar-refractivity contribution in [1.82, 2.24) is 0 Å². The van der Waals surface area contributed by atoms with Gasteiger partial charge >= 0.3 is 12.3 Å². The first-order valence-electron chi connectivity index (χ1n) is 2.84. The second-order valence-electron chi connectivity index (χ2n) is 2.28. The largest absolute Gasteiger partial charge is 0.311 e. The second kappa shape index (κ2) is 2.56. The first-order chi connectivity index (χ1) is 5.26. The van der Waals surface area contributed by atoms with Crippen LogP contribution in [-0.4, -0.2) is 26.2 Å². The number of rotatable bonds is 3. The van der Waals surface area contributed by atoms with Crippen molar-refractivity contribution in [1.29, 1.82) is 0 Å². The standard InChI is InChI=1S/C4H4F4O3S/c5-3(6)4(7,8)1-2-11-12(2,9)10/h2-3H,1H2/t2-/m1/s1. The van der Waals surface area contributed by atoms with E-state index < -0.39 is 34.3 Å². The molecule has 0 bridgehead atoms. The Labute approximate surface area is 65.4 Å². The number of halogens is 4. The normalized spacial score (nSPS) is 27.6. The van der Waals surface area contributed by atoms with Gasteiger partial charge in [0.1, 0.15) is 0 Å². The van der Waals surface area contributed by atoms with E-state index in [1.165, 1.54) is 0 Å². The highest BCUT2D eigenvalue weighted by Crippen LogP contribution is 2.37. The first kappa shape index (κ1) is 9.72. The quantitative estimate of drug-likeness (QED) is 0.512. The Balaban J connectivity index is 2.53. The summed E-state index contributed by atoms with van der Waals surface area (Å²) in [6, 6.07) is 0. The van der Waals surface area contributed by atoms with Crippen LogP contribution in [0.3, 0.4) is 0 Å². The molecule has 3 nitrogen and oxygen atoms in total. The molecule has 72 valence electrons. The minimum absolute atomic E-state index is 1.48. The summed E-state index contributed by atoms with van der Waals surface area (Å²) in [5.41, 5.74) is -1.76. The molecule has 1 atom stereocenters. The van der Waals surface area contributed by atoms with Gasteiger partial charge in [-0.05, 0) is 0 Å². The van der Waals surface area contributed by atoms with Crippen molar-refractivity contribution in [3.63, 3.8) is 0 Å². The molecule has 0 aromatic rings. The molecule has 1 heterocycles. The van der Waals surface area contributed by atoms with Crippen LogP contribution in [0.15, 0.2) is 0 Å². The van der Waals surface area contributed by atoms with Gasteiger partial charge in [0.25, 0.3) is 10.1 Å². The van der Waals surface area contributed by atoms with E-state index in [0.717, 1.165) is 0 Å². The van der Waals surface area contributed by atoms with Crippen LogP contribution in [0.1, 0.15) is 6.42 Å². The number of hydrogen-bond donors (Lipinski definition) is 0. The average molecular weight is 208 g/mol. The van der Waals surface area contributed by atoms with E-state index in [1.54, 1.807) is 0 Å². The maximum Gasteiger partial charge on any atom is 0.311 e. The van der Waals surface area contributed by atoms with Crippen LogP contribution in [0.25, 0.3) is 0 Å². The zero-order valence-corrected chi connectivity index (χ0v) is 6.32. The average Bonchev–Trinajstić information content (AvgIpc) is 2.37. The molecule has 0 N–H and O–H groups in total. The van der Waals surface area contributed by atoms with Crippen LogP contribution in [0.2, 0.25) is 0 Å². The van der Waals surface area contributed by atoms with Crippen molar-refractivity contribution >= 4 is 10.1 Å². The Kier molecular flexibility index (Phi) is 2.07. The molecular weight excluding hydrogens is 204 g/mol. The number of alkyl halides is 4. The highest BCUT2D eigenvalue weighted by molar-refractivity contribution is 7.92. The van der Waals surface area contributed by atoms with Crippen LogP contribution in [0.4, 0.5) is 17.6 Å². The van der Waals surface area contributed by atoms with E-state index in [4.69, 9.17) is 0 Å². The van der Waals surface area contributed by atoms with Crippen molar-refractivity contribution < 1.29 is 30.2 Å². The zero-order chi connectivity index (χ0) is 9.57. The minimum atomic E-state index is -4.30. The summed E-state index contributed by atoms with van der Waals surface area (Å²) in [4.78, 5) is 0. The maximum atomic E-state index is 12.1. The van der Waals surface area contributed by atoms with Gasteiger partial charge in [0.05, 0.1) is 6.42 Å². The van der Waals surface area contributed by atoms with E-state index >= 15 is 0 Å². The molecule has 0 aromatic heterocycles. The molecule has 8 heteroatoms. The lowest BCUT2D eigenvalue weighted by Crippen LogP contribution is -2.28. The smallest absolute Gasteiger partial charge is 0.245 e. The lowest BCUT2D eigenvalue weighted by molar-refractivity contribution is -0.135. The molecular formula is C4H4F4O3S. The fourth-order valence-corrected chi connectivity index (χ4v) is 1.51. The predicted molar refractivity (Wildman–Crippen MR) is 29.4 cm³/mol. The fraction of sp³-hybridized carbons (Fsp3) is 1.00. The molecule has 0 radical (unpaired) electrons. The molecule has 0 unspecified atom stereocenters. The molecule has 1 aliphatic rings. The van der Waals surface area contributed by atoms with Gasteiger partial charge in [0.15, 0.2) is 0 Å². The Morgan fingerprint density at radius 3 is 2.08 bits per heavy atom. The topological polar surface area (TPSA) is 46.7 Å². The van der Waals surface area contributed by atoms with Crippen molar-refractivity contribution in [2.45, 2.75) is 24.2 Å². The summed E-state index contributed by atoms with van der Waals surface area (Å²) in [7, 11) is -3.94. The van der Waals surface area contributed by atoms with Gasteiger partial charge < -0.3 is 0 Å². The van der Waals surface area contributed by atoms with Gasteiger partial charge in [-0.25, -0.2) is 21.7 Å². The first-order valence-corrected chi connectivity index (χ1v) is 4.31. The van der Waals surface area contributed by atoms with Crippen molar-refractivity contribution in [2.75, 3.05) is 0 Å². The van der Waals surface area contributed by atoms with Crippen LogP contribution in [0, 0.1) is 0 Å². The molecule has 1 saturated heterocycles. The molecule has 1 rings (SSSR count). The van der Waals surface area contributed by atoms with Crippen LogP contribution in [-0.2, 0) is 14.3 Å². The lowest BCUT2D eigenvalue weighted by Gasteiger charge is -2.11. The van der Waals surface area contributed by atoms with Crippen molar-refractivity contribution in [2.24, 2.45) is 0 Å². The third-order valence-corrected chi connectivity index (χ3v) is 2.50. The summed E-state index contributed by atoms with van der Waals surface area (Å²) in [5, 5.41) is 0. The van der Waals surface area contributed by atoms with Crippen LogP contribution < -0.4 is 0 Å². The molecule has 1 fully saturated rings. The molecule has 1 aliphatic heterocycles. The van der Waals surface area contributed by atoms with Gasteiger partial charge in [-0.1, -0.05) is 0 Å². The van der Waals surface area contributed by atoms with Crippen molar-refractivity contribution in [3.05, 3.63) is 0 Å². The zero-order valence-electron chi connectivity index (χ0n) is 5.51. The SMILES string of the molecule is O=S1(=O)O[C@H]1CC(F)(F)C(F)F. The number of hydrogen-bond acceptors (Lipinski definition) is 3. The second-order valence-corrected chi connectivity index (χ2v) is 3.99. The van der Waals surface area contributed by atoms with E-state index in [9.17, 15) is 26.0 Å². The fourth-order valence-electron chi connectivity index (χ4n) is 0.574. The summed E-state index contributed by atoms with van der Waals surface area (Å²) in [6.45, 7) is 0. The van der Waals surface area contributed by atoms with E-state index in [0.29, 0.717) is 0 Å². The van der Waals surface area contributed by atoms with Gasteiger partial charge in [0, 0.05) is 0 Å². The summed E-state index contributed by atoms with van der Waals surface area (Å²) in [5.74, 6) is -4.30. The molecule has 0 saturated carbocycles. The molecule has 12 heavy (non-hydrogen) atoms. The highest BCUT2D eigenvalue weighted by Gasteiger charge is 2.55. The molecule has 0 spiro atoms. The van der Waals surface area contributed by atoms with E-state index in [1.807, 2.05) is 0 Å². The van der Waals surface area contributed by atoms with Gasteiger partial charge in [-0.15, -0.1) is 0 Å². The predicted octanol–water partition coefficient (Wildman–Crippen LogP) is 0.963. The third-order valence-electron chi connectivity index (χ3n) is 1.28. The molecule has 0 aromatic carbocycles. The van der Waals surface area contributed by atoms with Gasteiger partial charge in [-0.2, -0.15) is 8.42 Å². The Morgan fingerprint density at radius 1 is 1.42 bits per heavy atom. The van der Waals surface area contributed by atoms with Gasteiger partial charge in [-0.3, -0.25) is 0 Å². The molecule has 0 amide bonds. The monoisotopic (exact) mass is 208 g/mol. The minimum Gasteiger partial charge on any atom is -0.245 e. The Bertz CT molecular complexity index is 272. The summed E-state index contributed by atoms with van der Waals surface area (Å²) < 4.78 is 71.2. The van der Waals surface area contributed by atoms with Crippen LogP contribution in [0.5, 0.6) is 0 Å². The highest BCUT2D eigenvalue weighted by atomic mass is 32.2. The van der Waals surface area contributed by atoms with Gasteiger partial charge in [0.2, 0.25) is 5.44 Å². The maximum absolute atomic E-state index is 12.1. The van der Waals surface area contributed by atoms with E-state index in [-0.39, 0.29) is 0 Å². The lowest BCUT2D eigenvalue weighted by atomic mass is 10.2. The van der Waals surface area contributed by atoms with Crippen LogP contribution >= 0.6 is 0 Å². The Hall–Kier alpha value is -0.370. The third kappa shape index (κ3) is 1.86. The summed E-state index contributed by atoms with van der Waals surface area (Å²) >= 11 is 0. The van der Waals surface area contributed by atoms with E-state index in [2.05, 4.69) is 4.18 Å². The van der Waals surface area contributed by atoms with Crippen molar-refractivity contribution in [3.8, 4) is 0 Å². The Morgan fingerprint density at radius 2 is 1.83 bits per heavy atom. The molecule has 0 aliphatic carbocycles.